The Bertz CT molecular complexity index is 780. The normalized spacial score (nSPS) is 25.0. The number of allylic oxidation sites excluding steroid dienone is 1. The highest BCUT2D eigenvalue weighted by Crippen LogP contribution is 2.45. The van der Waals surface area contributed by atoms with Crippen LogP contribution in [0.4, 0.5) is 0 Å². The second-order valence-corrected chi connectivity index (χ2v) is 8.23. The maximum atomic E-state index is 12.4. The zero-order chi connectivity index (χ0) is 16.5. The van der Waals surface area contributed by atoms with E-state index < -0.39 is 0 Å². The van der Waals surface area contributed by atoms with Crippen molar-refractivity contribution in [3.05, 3.63) is 50.4 Å². The van der Waals surface area contributed by atoms with Crippen molar-refractivity contribution in [2.75, 3.05) is 5.88 Å². The van der Waals surface area contributed by atoms with E-state index in [4.69, 9.17) is 16.7 Å². The SMILES string of the molecule is O=C(CCl)N1N=C2/C(=C\c3cccs3)CCC[C@@H]2[C@@H]1c1cccs1. The minimum absolute atomic E-state index is 0.00159. The van der Waals surface area contributed by atoms with Gasteiger partial charge in [-0.25, -0.2) is 5.01 Å². The highest BCUT2D eigenvalue weighted by atomic mass is 35.5. The quantitative estimate of drug-likeness (QED) is 0.680. The van der Waals surface area contributed by atoms with Crippen molar-refractivity contribution < 1.29 is 4.79 Å². The molecule has 6 heteroatoms. The molecule has 0 aromatic carbocycles. The molecule has 0 unspecified atom stereocenters. The predicted molar refractivity (Wildman–Crippen MR) is 102 cm³/mol. The molecule has 1 amide bonds. The fraction of sp³-hybridized carbons (Fsp3) is 0.333. The van der Waals surface area contributed by atoms with Gasteiger partial charge in [0.25, 0.3) is 5.91 Å². The van der Waals surface area contributed by atoms with E-state index in [9.17, 15) is 4.79 Å². The summed E-state index contributed by atoms with van der Waals surface area (Å²) >= 11 is 9.25. The summed E-state index contributed by atoms with van der Waals surface area (Å²) in [6.45, 7) is 0. The number of amides is 1. The van der Waals surface area contributed by atoms with Crippen LogP contribution < -0.4 is 0 Å². The molecule has 24 heavy (non-hydrogen) atoms. The molecule has 3 heterocycles. The van der Waals surface area contributed by atoms with E-state index in [1.807, 2.05) is 6.07 Å². The number of nitrogens with zero attached hydrogens (tertiary/aromatic N) is 2. The fourth-order valence-corrected chi connectivity index (χ4v) is 5.23. The molecular formula is C18H17ClN2OS2. The van der Waals surface area contributed by atoms with E-state index >= 15 is 0 Å². The number of carbonyl (C=O) groups is 1. The van der Waals surface area contributed by atoms with Gasteiger partial charge in [0, 0.05) is 15.7 Å². The first-order valence-electron chi connectivity index (χ1n) is 8.02. The molecule has 1 aliphatic carbocycles. The standard InChI is InChI=1S/C18H17ClN2OS2/c19-11-16(22)21-18(15-7-3-9-24-15)14-6-1-4-12(17(14)20-21)10-13-5-2-8-23-13/h2-3,5,7-10,14,18H,1,4,6,11H2/b12-10-/t14-,18+/m0/s1. The van der Waals surface area contributed by atoms with Crippen LogP contribution in [0.5, 0.6) is 0 Å². The molecule has 1 fully saturated rings. The molecule has 2 aromatic rings. The molecule has 0 spiro atoms. The van der Waals surface area contributed by atoms with Gasteiger partial charge in [0.15, 0.2) is 0 Å². The third kappa shape index (κ3) is 2.85. The van der Waals surface area contributed by atoms with Crippen LogP contribution >= 0.6 is 34.3 Å². The Balaban J connectivity index is 1.74. The van der Waals surface area contributed by atoms with Crippen LogP contribution in [0.25, 0.3) is 6.08 Å². The third-order valence-corrected chi connectivity index (χ3v) is 6.56. The van der Waals surface area contributed by atoms with Gasteiger partial charge in [0.2, 0.25) is 0 Å². The summed E-state index contributed by atoms with van der Waals surface area (Å²) in [4.78, 5) is 14.8. The van der Waals surface area contributed by atoms with Crippen molar-refractivity contribution in [2.24, 2.45) is 11.0 Å². The molecule has 1 aliphatic heterocycles. The number of hydrogen-bond donors (Lipinski definition) is 0. The van der Waals surface area contributed by atoms with Crippen LogP contribution in [0.15, 0.2) is 45.7 Å². The minimum Gasteiger partial charge on any atom is -0.272 e. The number of thiophene rings is 2. The lowest BCUT2D eigenvalue weighted by atomic mass is 9.79. The van der Waals surface area contributed by atoms with E-state index in [1.54, 1.807) is 27.7 Å². The highest BCUT2D eigenvalue weighted by Gasteiger charge is 2.43. The average molecular weight is 377 g/mol. The van der Waals surface area contributed by atoms with Crippen molar-refractivity contribution in [3.8, 4) is 0 Å². The van der Waals surface area contributed by atoms with Gasteiger partial charge in [0.1, 0.15) is 5.88 Å². The van der Waals surface area contributed by atoms with Crippen LogP contribution in [0.2, 0.25) is 0 Å². The number of hydrogen-bond acceptors (Lipinski definition) is 4. The van der Waals surface area contributed by atoms with Gasteiger partial charge in [-0.2, -0.15) is 5.10 Å². The molecule has 124 valence electrons. The second-order valence-electron chi connectivity index (χ2n) is 6.00. The molecule has 4 rings (SSSR count). The summed E-state index contributed by atoms with van der Waals surface area (Å²) in [5, 5.41) is 10.5. The predicted octanol–water partition coefficient (Wildman–Crippen LogP) is 5.17. The van der Waals surface area contributed by atoms with Gasteiger partial charge in [0.05, 0.1) is 11.8 Å². The lowest BCUT2D eigenvalue weighted by molar-refractivity contribution is -0.130. The van der Waals surface area contributed by atoms with Crippen LogP contribution in [-0.2, 0) is 4.79 Å². The van der Waals surface area contributed by atoms with Gasteiger partial charge < -0.3 is 0 Å². The largest absolute Gasteiger partial charge is 0.272 e. The molecule has 0 saturated heterocycles. The first-order valence-corrected chi connectivity index (χ1v) is 10.3. The van der Waals surface area contributed by atoms with Crippen LogP contribution in [0.3, 0.4) is 0 Å². The molecule has 3 nitrogen and oxygen atoms in total. The molecule has 1 saturated carbocycles. The Morgan fingerprint density at radius 3 is 2.88 bits per heavy atom. The maximum absolute atomic E-state index is 12.4. The molecule has 0 N–H and O–H groups in total. The summed E-state index contributed by atoms with van der Waals surface area (Å²) in [5.74, 6) is 0.123. The molecule has 2 aromatic heterocycles. The summed E-state index contributed by atoms with van der Waals surface area (Å²) < 4.78 is 0. The van der Waals surface area contributed by atoms with Crippen molar-refractivity contribution in [1.82, 2.24) is 5.01 Å². The minimum atomic E-state index is -0.118. The van der Waals surface area contributed by atoms with E-state index in [0.29, 0.717) is 0 Å². The first-order chi connectivity index (χ1) is 11.8. The number of rotatable bonds is 3. The summed E-state index contributed by atoms with van der Waals surface area (Å²) in [6, 6.07) is 8.31. The van der Waals surface area contributed by atoms with Crippen molar-refractivity contribution in [2.45, 2.75) is 25.3 Å². The molecule has 2 aliphatic rings. The zero-order valence-corrected chi connectivity index (χ0v) is 15.4. The maximum Gasteiger partial charge on any atom is 0.258 e. The van der Waals surface area contributed by atoms with Gasteiger partial charge in [-0.15, -0.1) is 34.3 Å². The Labute approximate surface area is 154 Å². The van der Waals surface area contributed by atoms with Gasteiger partial charge >= 0.3 is 0 Å². The number of fused-ring (bicyclic) bond motifs is 1. The smallest absolute Gasteiger partial charge is 0.258 e. The van der Waals surface area contributed by atoms with Crippen LogP contribution in [-0.4, -0.2) is 22.5 Å². The lowest BCUT2D eigenvalue weighted by Gasteiger charge is -2.28. The van der Waals surface area contributed by atoms with Crippen molar-refractivity contribution >= 4 is 52.0 Å². The number of carbonyl (C=O) groups excluding carboxylic acids is 1. The lowest BCUT2D eigenvalue weighted by Crippen LogP contribution is -2.31. The monoisotopic (exact) mass is 376 g/mol. The Hall–Kier alpha value is -1.43. The summed E-state index contributed by atoms with van der Waals surface area (Å²) in [6.07, 6.45) is 5.45. The molecule has 2 atom stereocenters. The number of hydrazone groups is 1. The van der Waals surface area contributed by atoms with E-state index in [0.717, 1.165) is 25.0 Å². The Morgan fingerprint density at radius 2 is 2.17 bits per heavy atom. The Kier molecular flexibility index (Phi) is 4.57. The van der Waals surface area contributed by atoms with Crippen LogP contribution in [0.1, 0.15) is 35.1 Å². The van der Waals surface area contributed by atoms with Crippen molar-refractivity contribution in [1.29, 1.82) is 0 Å². The summed E-state index contributed by atoms with van der Waals surface area (Å²) in [5.41, 5.74) is 2.34. The summed E-state index contributed by atoms with van der Waals surface area (Å²) in [7, 11) is 0. The van der Waals surface area contributed by atoms with E-state index in [-0.39, 0.29) is 23.7 Å². The molecule has 0 radical (unpaired) electrons. The number of alkyl halides is 1. The third-order valence-electron chi connectivity index (χ3n) is 4.57. The van der Waals surface area contributed by atoms with Crippen LogP contribution in [0, 0.1) is 5.92 Å². The first kappa shape index (κ1) is 16.1. The average Bonchev–Trinajstić information content (AvgIpc) is 3.33. The molecular weight excluding hydrogens is 360 g/mol. The highest BCUT2D eigenvalue weighted by molar-refractivity contribution is 7.11. The van der Waals surface area contributed by atoms with Gasteiger partial charge in [-0.1, -0.05) is 12.1 Å². The van der Waals surface area contributed by atoms with E-state index in [2.05, 4.69) is 35.0 Å². The van der Waals surface area contributed by atoms with Crippen molar-refractivity contribution in [3.63, 3.8) is 0 Å². The zero-order valence-electron chi connectivity index (χ0n) is 13.0. The van der Waals surface area contributed by atoms with Gasteiger partial charge in [-0.3, -0.25) is 4.79 Å². The second kappa shape index (κ2) is 6.82. The number of halogens is 1. The van der Waals surface area contributed by atoms with E-state index in [1.165, 1.54) is 15.3 Å². The fourth-order valence-electron chi connectivity index (χ4n) is 3.55. The Morgan fingerprint density at radius 1 is 1.33 bits per heavy atom. The topological polar surface area (TPSA) is 32.7 Å². The van der Waals surface area contributed by atoms with Gasteiger partial charge in [-0.05, 0) is 53.8 Å². The molecule has 0 bridgehead atoms.